The highest BCUT2D eigenvalue weighted by Crippen LogP contribution is 2.19. The Morgan fingerprint density at radius 3 is 2.44 bits per heavy atom. The smallest absolute Gasteiger partial charge is 0.248 e. The third-order valence-corrected chi connectivity index (χ3v) is 3.67. The first-order valence-corrected chi connectivity index (χ1v) is 9.07. The minimum absolute atomic E-state index is 0.0160. The Kier molecular flexibility index (Phi) is 7.62. The summed E-state index contributed by atoms with van der Waals surface area (Å²) in [7, 11) is 0. The van der Waals surface area contributed by atoms with Gasteiger partial charge in [0, 0.05) is 23.4 Å². The average molecular weight is 366 g/mol. The lowest BCUT2D eigenvalue weighted by Gasteiger charge is -2.09. The van der Waals surface area contributed by atoms with Crippen LogP contribution in [0, 0.1) is 0 Å². The van der Waals surface area contributed by atoms with E-state index in [1.165, 1.54) is 6.08 Å². The third-order valence-electron chi connectivity index (χ3n) is 3.67. The predicted octanol–water partition coefficient (Wildman–Crippen LogP) is 3.80. The van der Waals surface area contributed by atoms with Crippen LogP contribution in [0.3, 0.4) is 0 Å². The summed E-state index contributed by atoms with van der Waals surface area (Å²) in [6, 6.07) is 14.9. The second-order valence-electron chi connectivity index (χ2n) is 6.39. The molecule has 0 saturated heterocycles. The molecule has 0 aliphatic heterocycles. The molecule has 0 aliphatic carbocycles. The number of anilines is 1. The highest BCUT2D eigenvalue weighted by atomic mass is 16.5. The van der Waals surface area contributed by atoms with Crippen molar-refractivity contribution in [1.82, 2.24) is 5.32 Å². The van der Waals surface area contributed by atoms with Crippen LogP contribution in [0.25, 0.3) is 6.08 Å². The van der Waals surface area contributed by atoms with Crippen molar-refractivity contribution in [2.45, 2.75) is 33.2 Å². The quantitative estimate of drug-likeness (QED) is 0.698. The van der Waals surface area contributed by atoms with Gasteiger partial charge in [-0.15, -0.1) is 0 Å². The van der Waals surface area contributed by atoms with E-state index in [1.807, 2.05) is 57.2 Å². The molecule has 0 heterocycles. The molecule has 0 fully saturated rings. The SMILES string of the molecule is CCOc1ccccc1/C=C/C(=O)Nc1ccc(CC(=O)NC(C)C)cc1. The van der Waals surface area contributed by atoms with Crippen molar-refractivity contribution in [3.05, 3.63) is 65.7 Å². The number of benzene rings is 2. The first-order chi connectivity index (χ1) is 13.0. The summed E-state index contributed by atoms with van der Waals surface area (Å²) in [5.41, 5.74) is 2.42. The van der Waals surface area contributed by atoms with Crippen LogP contribution in [0.1, 0.15) is 31.9 Å². The van der Waals surface area contributed by atoms with Gasteiger partial charge in [-0.05, 0) is 50.6 Å². The van der Waals surface area contributed by atoms with Crippen LogP contribution in [0.5, 0.6) is 5.75 Å². The Morgan fingerprint density at radius 2 is 1.78 bits per heavy atom. The monoisotopic (exact) mass is 366 g/mol. The maximum atomic E-state index is 12.1. The predicted molar refractivity (Wildman–Crippen MR) is 109 cm³/mol. The molecule has 0 atom stereocenters. The van der Waals surface area contributed by atoms with Crippen LogP contribution < -0.4 is 15.4 Å². The number of hydrogen-bond donors (Lipinski definition) is 2. The van der Waals surface area contributed by atoms with Gasteiger partial charge in [-0.2, -0.15) is 0 Å². The second-order valence-corrected chi connectivity index (χ2v) is 6.39. The summed E-state index contributed by atoms with van der Waals surface area (Å²) in [5.74, 6) is 0.498. The molecule has 2 rings (SSSR count). The standard InChI is InChI=1S/C22H26N2O3/c1-4-27-20-8-6-5-7-18(20)11-14-21(25)24-19-12-9-17(10-13-19)15-22(26)23-16(2)3/h5-14,16H,4,15H2,1-3H3,(H,23,26)(H,24,25)/b14-11+. The molecule has 0 bridgehead atoms. The van der Waals surface area contributed by atoms with E-state index in [2.05, 4.69) is 10.6 Å². The Labute approximate surface area is 160 Å². The van der Waals surface area contributed by atoms with Crippen molar-refractivity contribution in [2.24, 2.45) is 0 Å². The van der Waals surface area contributed by atoms with Crippen LogP contribution in [-0.2, 0) is 16.0 Å². The molecule has 0 unspecified atom stereocenters. The molecule has 2 N–H and O–H groups in total. The van der Waals surface area contributed by atoms with Crippen molar-refractivity contribution in [1.29, 1.82) is 0 Å². The van der Waals surface area contributed by atoms with Gasteiger partial charge in [0.1, 0.15) is 5.75 Å². The highest BCUT2D eigenvalue weighted by Gasteiger charge is 2.05. The Hall–Kier alpha value is -3.08. The summed E-state index contributed by atoms with van der Waals surface area (Å²) in [5, 5.41) is 5.67. The van der Waals surface area contributed by atoms with Gasteiger partial charge in [0.2, 0.25) is 11.8 Å². The fraction of sp³-hybridized carbons (Fsp3) is 0.273. The Balaban J connectivity index is 1.93. The number of rotatable bonds is 8. The largest absolute Gasteiger partial charge is 0.493 e. The van der Waals surface area contributed by atoms with Gasteiger partial charge in [-0.1, -0.05) is 30.3 Å². The molecule has 2 aromatic rings. The zero-order chi connectivity index (χ0) is 19.6. The van der Waals surface area contributed by atoms with Crippen molar-refractivity contribution >= 4 is 23.6 Å². The molecule has 0 radical (unpaired) electrons. The van der Waals surface area contributed by atoms with E-state index in [4.69, 9.17) is 4.74 Å². The van der Waals surface area contributed by atoms with E-state index in [-0.39, 0.29) is 17.9 Å². The lowest BCUT2D eigenvalue weighted by Crippen LogP contribution is -2.31. The van der Waals surface area contributed by atoms with Gasteiger partial charge < -0.3 is 15.4 Å². The van der Waals surface area contributed by atoms with Gasteiger partial charge in [-0.25, -0.2) is 0 Å². The van der Waals surface area contributed by atoms with E-state index < -0.39 is 0 Å². The number of carbonyl (C=O) groups excluding carboxylic acids is 2. The molecular formula is C22H26N2O3. The molecule has 5 nitrogen and oxygen atoms in total. The van der Waals surface area contributed by atoms with E-state index >= 15 is 0 Å². The van der Waals surface area contributed by atoms with Gasteiger partial charge >= 0.3 is 0 Å². The van der Waals surface area contributed by atoms with Crippen LogP contribution in [0.2, 0.25) is 0 Å². The van der Waals surface area contributed by atoms with Gasteiger partial charge in [0.15, 0.2) is 0 Å². The number of amides is 2. The topological polar surface area (TPSA) is 67.4 Å². The van der Waals surface area contributed by atoms with Gasteiger partial charge in [-0.3, -0.25) is 9.59 Å². The Morgan fingerprint density at radius 1 is 1.07 bits per heavy atom. The Bertz CT molecular complexity index is 795. The third kappa shape index (κ3) is 6.98. The molecule has 0 aromatic heterocycles. The summed E-state index contributed by atoms with van der Waals surface area (Å²) >= 11 is 0. The van der Waals surface area contributed by atoms with Crippen molar-refractivity contribution in [2.75, 3.05) is 11.9 Å². The zero-order valence-corrected chi connectivity index (χ0v) is 16.0. The normalized spacial score (nSPS) is 10.8. The van der Waals surface area contributed by atoms with E-state index in [0.29, 0.717) is 18.7 Å². The van der Waals surface area contributed by atoms with Gasteiger partial charge in [0.05, 0.1) is 13.0 Å². The maximum absolute atomic E-state index is 12.1. The molecule has 5 heteroatoms. The van der Waals surface area contributed by atoms with Crippen LogP contribution in [0.4, 0.5) is 5.69 Å². The van der Waals surface area contributed by atoms with Crippen molar-refractivity contribution in [3.63, 3.8) is 0 Å². The molecule has 0 saturated carbocycles. The molecule has 2 aromatic carbocycles. The van der Waals surface area contributed by atoms with Crippen molar-refractivity contribution < 1.29 is 14.3 Å². The van der Waals surface area contributed by atoms with E-state index in [9.17, 15) is 9.59 Å². The van der Waals surface area contributed by atoms with E-state index in [0.717, 1.165) is 16.9 Å². The fourth-order valence-corrected chi connectivity index (χ4v) is 2.52. The lowest BCUT2D eigenvalue weighted by atomic mass is 10.1. The first kappa shape index (κ1) is 20.2. The maximum Gasteiger partial charge on any atom is 0.248 e. The fourth-order valence-electron chi connectivity index (χ4n) is 2.52. The summed E-state index contributed by atoms with van der Waals surface area (Å²) in [6.45, 7) is 6.34. The van der Waals surface area contributed by atoms with Crippen molar-refractivity contribution in [3.8, 4) is 5.75 Å². The second kappa shape index (κ2) is 10.2. The highest BCUT2D eigenvalue weighted by molar-refractivity contribution is 6.02. The van der Waals surface area contributed by atoms with Crippen LogP contribution in [-0.4, -0.2) is 24.5 Å². The number of para-hydroxylation sites is 1. The minimum Gasteiger partial charge on any atom is -0.493 e. The van der Waals surface area contributed by atoms with E-state index in [1.54, 1.807) is 18.2 Å². The lowest BCUT2D eigenvalue weighted by molar-refractivity contribution is -0.121. The van der Waals surface area contributed by atoms with Crippen LogP contribution >= 0.6 is 0 Å². The molecule has 0 spiro atoms. The minimum atomic E-state index is -0.230. The molecular weight excluding hydrogens is 340 g/mol. The molecule has 142 valence electrons. The average Bonchev–Trinajstić information content (AvgIpc) is 2.62. The molecule has 2 amide bonds. The summed E-state index contributed by atoms with van der Waals surface area (Å²) < 4.78 is 5.54. The molecule has 0 aliphatic rings. The summed E-state index contributed by atoms with van der Waals surface area (Å²) in [6.07, 6.45) is 3.52. The first-order valence-electron chi connectivity index (χ1n) is 9.07. The number of nitrogens with one attached hydrogen (secondary N) is 2. The number of carbonyl (C=O) groups is 2. The van der Waals surface area contributed by atoms with Gasteiger partial charge in [0.25, 0.3) is 0 Å². The molecule has 27 heavy (non-hydrogen) atoms. The summed E-state index contributed by atoms with van der Waals surface area (Å²) in [4.78, 5) is 23.9. The number of hydrogen-bond acceptors (Lipinski definition) is 3. The van der Waals surface area contributed by atoms with Crippen LogP contribution in [0.15, 0.2) is 54.6 Å². The zero-order valence-electron chi connectivity index (χ0n) is 16.0. The number of ether oxygens (including phenoxy) is 1.